The second-order valence-corrected chi connectivity index (χ2v) is 4.59. The van der Waals surface area contributed by atoms with Gasteiger partial charge in [-0.3, -0.25) is 4.79 Å². The average Bonchev–Trinajstić information content (AvgIpc) is 2.33. The van der Waals surface area contributed by atoms with Crippen LogP contribution in [0.5, 0.6) is 0 Å². The van der Waals surface area contributed by atoms with Crippen molar-refractivity contribution >= 4 is 29.1 Å². The number of carbonyl (C=O) groups is 1. The van der Waals surface area contributed by atoms with Gasteiger partial charge in [-0.1, -0.05) is 18.5 Å². The number of hydrogen-bond acceptors (Lipinski definition) is 1. The van der Waals surface area contributed by atoms with Gasteiger partial charge in [0.25, 0.3) is 5.91 Å². The molecule has 1 N–H and O–H groups in total. The van der Waals surface area contributed by atoms with Crippen molar-refractivity contribution in [3.05, 3.63) is 34.4 Å². The summed E-state index contributed by atoms with van der Waals surface area (Å²) in [5, 5.41) is 2.25. The van der Waals surface area contributed by atoms with E-state index in [0.29, 0.717) is 18.7 Å². The first-order chi connectivity index (χ1) is 8.49. The Kier molecular flexibility index (Phi) is 5.82. The fourth-order valence-corrected chi connectivity index (χ4v) is 1.88. The van der Waals surface area contributed by atoms with Gasteiger partial charge < -0.3 is 5.32 Å². The van der Waals surface area contributed by atoms with Gasteiger partial charge in [0.05, 0.1) is 10.6 Å². The van der Waals surface area contributed by atoms with Crippen LogP contribution in [0.1, 0.15) is 30.1 Å². The summed E-state index contributed by atoms with van der Waals surface area (Å²) in [6.07, 6.45) is 1.23. The van der Waals surface area contributed by atoms with E-state index in [1.54, 1.807) is 0 Å². The fraction of sp³-hybridized carbons (Fsp3) is 0.417. The van der Waals surface area contributed by atoms with Crippen LogP contribution in [0.25, 0.3) is 0 Å². The first-order valence-electron chi connectivity index (χ1n) is 5.51. The van der Waals surface area contributed by atoms with Crippen molar-refractivity contribution in [2.75, 3.05) is 5.88 Å². The topological polar surface area (TPSA) is 29.1 Å². The zero-order chi connectivity index (χ0) is 13.7. The number of halogens is 4. The lowest BCUT2D eigenvalue weighted by molar-refractivity contribution is 0.0930. The maximum absolute atomic E-state index is 13.5. The van der Waals surface area contributed by atoms with Crippen molar-refractivity contribution in [3.63, 3.8) is 0 Å². The molecule has 1 aromatic rings. The summed E-state index contributed by atoms with van der Waals surface area (Å²) in [5.74, 6) is -1.95. The molecule has 0 aliphatic heterocycles. The monoisotopic (exact) mass is 295 g/mol. The van der Waals surface area contributed by atoms with E-state index in [-0.39, 0.29) is 16.6 Å². The van der Waals surface area contributed by atoms with Crippen molar-refractivity contribution in [2.24, 2.45) is 0 Å². The van der Waals surface area contributed by atoms with E-state index >= 15 is 0 Å². The van der Waals surface area contributed by atoms with Crippen LogP contribution < -0.4 is 5.32 Å². The molecule has 0 saturated carbocycles. The maximum atomic E-state index is 13.5. The van der Waals surface area contributed by atoms with Gasteiger partial charge in [-0.15, -0.1) is 11.6 Å². The summed E-state index contributed by atoms with van der Waals surface area (Å²) in [4.78, 5) is 11.8. The quantitative estimate of drug-likeness (QED) is 0.650. The third-order valence-electron chi connectivity index (χ3n) is 2.54. The third-order valence-corrected chi connectivity index (χ3v) is 3.05. The van der Waals surface area contributed by atoms with Gasteiger partial charge in [0.15, 0.2) is 0 Å². The van der Waals surface area contributed by atoms with Gasteiger partial charge in [0, 0.05) is 11.9 Å². The molecule has 0 radical (unpaired) electrons. The van der Waals surface area contributed by atoms with E-state index in [2.05, 4.69) is 5.32 Å². The molecule has 0 aromatic heterocycles. The molecule has 0 aliphatic carbocycles. The second kappa shape index (κ2) is 6.90. The summed E-state index contributed by atoms with van der Waals surface area (Å²) in [6, 6.07) is 1.42. The number of nitrogens with one attached hydrogen (secondary N) is 1. The zero-order valence-electron chi connectivity index (χ0n) is 9.77. The van der Waals surface area contributed by atoms with Gasteiger partial charge in [0.2, 0.25) is 0 Å². The SMILES string of the molecule is CCC(CCCl)NC(=O)c1cc(F)c(Cl)cc1F. The molecule has 0 saturated heterocycles. The molecule has 0 bridgehead atoms. The van der Waals surface area contributed by atoms with E-state index in [0.717, 1.165) is 12.1 Å². The molecule has 18 heavy (non-hydrogen) atoms. The van der Waals surface area contributed by atoms with Crippen molar-refractivity contribution in [2.45, 2.75) is 25.8 Å². The molecule has 1 unspecified atom stereocenters. The van der Waals surface area contributed by atoms with Crippen LogP contribution in [0.2, 0.25) is 5.02 Å². The Hall–Kier alpha value is -0.870. The number of benzene rings is 1. The fourth-order valence-electron chi connectivity index (χ4n) is 1.47. The van der Waals surface area contributed by atoms with Crippen LogP contribution in [-0.2, 0) is 0 Å². The highest BCUT2D eigenvalue weighted by molar-refractivity contribution is 6.30. The van der Waals surface area contributed by atoms with E-state index < -0.39 is 17.5 Å². The second-order valence-electron chi connectivity index (χ2n) is 3.80. The number of hydrogen-bond donors (Lipinski definition) is 1. The molecule has 1 atom stereocenters. The number of alkyl halides is 1. The van der Waals surface area contributed by atoms with Crippen LogP contribution in [-0.4, -0.2) is 17.8 Å². The number of rotatable bonds is 5. The highest BCUT2D eigenvalue weighted by Gasteiger charge is 2.17. The van der Waals surface area contributed by atoms with E-state index in [1.165, 1.54) is 0 Å². The summed E-state index contributed by atoms with van der Waals surface area (Å²) in [6.45, 7) is 1.87. The first-order valence-corrected chi connectivity index (χ1v) is 6.42. The van der Waals surface area contributed by atoms with Crippen LogP contribution in [0.3, 0.4) is 0 Å². The molecule has 0 spiro atoms. The molecule has 0 heterocycles. The molecule has 1 aromatic carbocycles. The highest BCUT2D eigenvalue weighted by atomic mass is 35.5. The minimum absolute atomic E-state index is 0.159. The summed E-state index contributed by atoms with van der Waals surface area (Å²) in [7, 11) is 0. The smallest absolute Gasteiger partial charge is 0.254 e. The molecule has 6 heteroatoms. The lowest BCUT2D eigenvalue weighted by Crippen LogP contribution is -2.35. The van der Waals surface area contributed by atoms with E-state index in [4.69, 9.17) is 23.2 Å². The molecule has 0 fully saturated rings. The maximum Gasteiger partial charge on any atom is 0.254 e. The Morgan fingerprint density at radius 2 is 2.06 bits per heavy atom. The molecule has 1 rings (SSSR count). The average molecular weight is 296 g/mol. The van der Waals surface area contributed by atoms with Gasteiger partial charge in [0.1, 0.15) is 11.6 Å². The van der Waals surface area contributed by atoms with Crippen LogP contribution in [0.4, 0.5) is 8.78 Å². The Bertz CT molecular complexity index is 440. The molecule has 100 valence electrons. The predicted octanol–water partition coefficient (Wildman–Crippen LogP) is 3.76. The van der Waals surface area contributed by atoms with Crippen molar-refractivity contribution < 1.29 is 13.6 Å². The Morgan fingerprint density at radius 1 is 1.39 bits per heavy atom. The predicted molar refractivity (Wildman–Crippen MR) is 68.3 cm³/mol. The number of carbonyl (C=O) groups excluding carboxylic acids is 1. The summed E-state index contributed by atoms with van der Waals surface area (Å²) >= 11 is 11.0. The number of amides is 1. The van der Waals surface area contributed by atoms with Crippen LogP contribution >= 0.6 is 23.2 Å². The zero-order valence-corrected chi connectivity index (χ0v) is 11.3. The van der Waals surface area contributed by atoms with Crippen LogP contribution in [0, 0.1) is 11.6 Å². The van der Waals surface area contributed by atoms with Crippen molar-refractivity contribution in [3.8, 4) is 0 Å². The molecule has 1 amide bonds. The van der Waals surface area contributed by atoms with E-state index in [1.807, 2.05) is 6.92 Å². The Labute approximate surface area is 114 Å². The Balaban J connectivity index is 2.87. The minimum Gasteiger partial charge on any atom is -0.349 e. The highest BCUT2D eigenvalue weighted by Crippen LogP contribution is 2.19. The van der Waals surface area contributed by atoms with Gasteiger partial charge in [-0.05, 0) is 25.0 Å². The summed E-state index contributed by atoms with van der Waals surface area (Å²) in [5.41, 5.74) is -0.357. The van der Waals surface area contributed by atoms with Crippen LogP contribution in [0.15, 0.2) is 12.1 Å². The van der Waals surface area contributed by atoms with Crippen molar-refractivity contribution in [1.82, 2.24) is 5.32 Å². The van der Waals surface area contributed by atoms with Gasteiger partial charge >= 0.3 is 0 Å². The standard InChI is InChI=1S/C12H13Cl2F2NO/c1-2-7(3-4-13)17-12(18)8-5-11(16)9(14)6-10(8)15/h5-7H,2-4H2,1H3,(H,17,18). The molecular formula is C12H13Cl2F2NO. The lowest BCUT2D eigenvalue weighted by atomic mass is 10.1. The van der Waals surface area contributed by atoms with Gasteiger partial charge in [-0.2, -0.15) is 0 Å². The van der Waals surface area contributed by atoms with Crippen molar-refractivity contribution in [1.29, 1.82) is 0 Å². The molecule has 2 nitrogen and oxygen atoms in total. The molecule has 0 aliphatic rings. The van der Waals surface area contributed by atoms with E-state index in [9.17, 15) is 13.6 Å². The largest absolute Gasteiger partial charge is 0.349 e. The minimum atomic E-state index is -0.848. The first kappa shape index (κ1) is 15.2. The summed E-state index contributed by atoms with van der Waals surface area (Å²) < 4.78 is 26.7. The van der Waals surface area contributed by atoms with Gasteiger partial charge in [-0.25, -0.2) is 8.78 Å². The third kappa shape index (κ3) is 3.82. The normalized spacial score (nSPS) is 12.3. The Morgan fingerprint density at radius 3 is 2.61 bits per heavy atom. The lowest BCUT2D eigenvalue weighted by Gasteiger charge is -2.16. The molecular weight excluding hydrogens is 283 g/mol.